The molecule has 1 aromatic carbocycles. The predicted octanol–water partition coefficient (Wildman–Crippen LogP) is 2.66. The minimum atomic E-state index is -0.188. The number of nitrogen functional groups attached to an aromatic ring is 1. The number of nitrogens with one attached hydrogen (secondary N) is 1. The number of aromatic amines is 1. The number of H-pyrrole nitrogens is 1. The molecule has 102 valence electrons. The number of hydrogen-bond donors (Lipinski definition) is 2. The van der Waals surface area contributed by atoms with Gasteiger partial charge in [0.15, 0.2) is 0 Å². The third kappa shape index (κ3) is 2.30. The molecule has 0 amide bonds. The highest BCUT2D eigenvalue weighted by Gasteiger charge is 2.23. The van der Waals surface area contributed by atoms with Crippen LogP contribution in [0.2, 0.25) is 0 Å². The lowest BCUT2D eigenvalue weighted by molar-refractivity contribution is 0.561. The maximum absolute atomic E-state index is 12.3. The minimum absolute atomic E-state index is 0.182. The van der Waals surface area contributed by atoms with Crippen molar-refractivity contribution in [3.8, 4) is 5.69 Å². The topological polar surface area (TPSA) is 63.8 Å². The maximum atomic E-state index is 12.3. The molecule has 0 aliphatic carbocycles. The van der Waals surface area contributed by atoms with E-state index in [1.807, 2.05) is 52.8 Å². The fraction of sp³-hybridized carbons (Fsp3) is 0.400. The van der Waals surface area contributed by atoms with E-state index in [9.17, 15) is 4.79 Å². The summed E-state index contributed by atoms with van der Waals surface area (Å²) in [4.78, 5) is 12.3. The summed E-state index contributed by atoms with van der Waals surface area (Å²) in [5, 5.41) is 3.15. The Labute approximate surface area is 113 Å². The SMILES string of the molecule is Cc1ccc(C)c(-n2[nH]c(C(C)(C)C)c(N)c2=O)c1. The van der Waals surface area contributed by atoms with E-state index in [0.717, 1.165) is 22.5 Å². The van der Waals surface area contributed by atoms with Gasteiger partial charge in [-0.2, -0.15) is 0 Å². The molecule has 19 heavy (non-hydrogen) atoms. The highest BCUT2D eigenvalue weighted by molar-refractivity contribution is 5.50. The van der Waals surface area contributed by atoms with E-state index in [1.54, 1.807) is 0 Å². The number of nitrogens with zero attached hydrogens (tertiary/aromatic N) is 1. The molecule has 0 radical (unpaired) electrons. The van der Waals surface area contributed by atoms with Crippen LogP contribution < -0.4 is 11.3 Å². The van der Waals surface area contributed by atoms with Gasteiger partial charge in [0, 0.05) is 5.41 Å². The van der Waals surface area contributed by atoms with Crippen LogP contribution in [-0.2, 0) is 5.41 Å². The smallest absolute Gasteiger partial charge is 0.294 e. The van der Waals surface area contributed by atoms with Gasteiger partial charge in [-0.1, -0.05) is 32.9 Å². The summed E-state index contributed by atoms with van der Waals surface area (Å²) in [5.41, 5.74) is 9.66. The Hall–Kier alpha value is -1.97. The molecule has 2 aromatic rings. The van der Waals surface area contributed by atoms with Gasteiger partial charge in [0.2, 0.25) is 0 Å². The second kappa shape index (κ2) is 4.30. The monoisotopic (exact) mass is 259 g/mol. The number of aryl methyl sites for hydroxylation is 2. The Kier molecular flexibility index (Phi) is 3.04. The van der Waals surface area contributed by atoms with Gasteiger partial charge >= 0.3 is 0 Å². The van der Waals surface area contributed by atoms with Crippen LogP contribution in [0.25, 0.3) is 5.69 Å². The van der Waals surface area contributed by atoms with E-state index in [4.69, 9.17) is 5.73 Å². The zero-order valence-electron chi connectivity index (χ0n) is 12.2. The van der Waals surface area contributed by atoms with Crippen molar-refractivity contribution < 1.29 is 0 Å². The highest BCUT2D eigenvalue weighted by atomic mass is 16.1. The van der Waals surface area contributed by atoms with Gasteiger partial charge in [0.05, 0.1) is 11.4 Å². The standard InChI is InChI=1S/C15H21N3O/c1-9-6-7-10(2)11(8-9)18-14(19)12(16)13(17-18)15(3,4)5/h6-8,17H,16H2,1-5H3. The van der Waals surface area contributed by atoms with Crippen LogP contribution in [-0.4, -0.2) is 9.78 Å². The zero-order chi connectivity index (χ0) is 14.4. The molecule has 0 saturated carbocycles. The van der Waals surface area contributed by atoms with Gasteiger partial charge in [-0.05, 0) is 31.0 Å². The van der Waals surface area contributed by atoms with E-state index in [1.165, 1.54) is 4.68 Å². The molecule has 0 spiro atoms. The van der Waals surface area contributed by atoms with Gasteiger partial charge in [0.25, 0.3) is 5.56 Å². The minimum Gasteiger partial charge on any atom is -0.393 e. The number of aromatic nitrogens is 2. The molecule has 0 bridgehead atoms. The van der Waals surface area contributed by atoms with Crippen LogP contribution in [0.3, 0.4) is 0 Å². The van der Waals surface area contributed by atoms with Crippen LogP contribution in [0.15, 0.2) is 23.0 Å². The summed E-state index contributed by atoms with van der Waals surface area (Å²) < 4.78 is 1.54. The van der Waals surface area contributed by atoms with Gasteiger partial charge in [-0.25, -0.2) is 4.68 Å². The van der Waals surface area contributed by atoms with Crippen LogP contribution in [0.5, 0.6) is 0 Å². The van der Waals surface area contributed by atoms with Crippen molar-refractivity contribution in [2.24, 2.45) is 0 Å². The van der Waals surface area contributed by atoms with Gasteiger partial charge in [-0.3, -0.25) is 9.89 Å². The normalized spacial score (nSPS) is 11.8. The summed E-state index contributed by atoms with van der Waals surface area (Å²) in [6, 6.07) is 6.02. The highest BCUT2D eigenvalue weighted by Crippen LogP contribution is 2.25. The second-order valence-electron chi connectivity index (χ2n) is 6.08. The van der Waals surface area contributed by atoms with Gasteiger partial charge in [-0.15, -0.1) is 0 Å². The first-order valence-electron chi connectivity index (χ1n) is 6.40. The molecule has 4 heteroatoms. The van der Waals surface area contributed by atoms with E-state index >= 15 is 0 Å². The third-order valence-electron chi connectivity index (χ3n) is 3.28. The lowest BCUT2D eigenvalue weighted by Crippen LogP contribution is -2.18. The molecule has 1 aromatic heterocycles. The number of anilines is 1. The van der Waals surface area contributed by atoms with Crippen molar-refractivity contribution in [3.05, 3.63) is 45.4 Å². The fourth-order valence-corrected chi connectivity index (χ4v) is 2.15. The van der Waals surface area contributed by atoms with Crippen molar-refractivity contribution in [1.82, 2.24) is 9.78 Å². The Morgan fingerprint density at radius 3 is 2.37 bits per heavy atom. The molecule has 0 aliphatic heterocycles. The molecule has 0 atom stereocenters. The number of hydrogen-bond acceptors (Lipinski definition) is 2. The zero-order valence-corrected chi connectivity index (χ0v) is 12.2. The van der Waals surface area contributed by atoms with E-state index in [0.29, 0.717) is 5.69 Å². The fourth-order valence-electron chi connectivity index (χ4n) is 2.15. The summed E-state index contributed by atoms with van der Waals surface area (Å²) in [6.07, 6.45) is 0. The van der Waals surface area contributed by atoms with Crippen molar-refractivity contribution in [2.45, 2.75) is 40.0 Å². The number of nitrogens with two attached hydrogens (primary N) is 1. The van der Waals surface area contributed by atoms with E-state index in [2.05, 4.69) is 5.10 Å². The largest absolute Gasteiger partial charge is 0.393 e. The average Bonchev–Trinajstić information content (AvgIpc) is 2.59. The second-order valence-corrected chi connectivity index (χ2v) is 6.08. The Bertz CT molecular complexity index is 672. The first-order chi connectivity index (χ1) is 8.71. The van der Waals surface area contributed by atoms with Crippen LogP contribution in [0.1, 0.15) is 37.6 Å². The Balaban J connectivity index is 2.71. The molecule has 0 aliphatic rings. The van der Waals surface area contributed by atoms with Crippen molar-refractivity contribution in [2.75, 3.05) is 5.73 Å². The number of benzene rings is 1. The molecule has 2 rings (SSSR count). The van der Waals surface area contributed by atoms with Gasteiger partial charge < -0.3 is 5.73 Å². The predicted molar refractivity (Wildman–Crippen MR) is 79.0 cm³/mol. The van der Waals surface area contributed by atoms with Crippen LogP contribution in [0.4, 0.5) is 5.69 Å². The first kappa shape index (κ1) is 13.5. The maximum Gasteiger partial charge on any atom is 0.294 e. The molecule has 1 heterocycles. The summed E-state index contributed by atoms with van der Waals surface area (Å²) >= 11 is 0. The van der Waals surface area contributed by atoms with Gasteiger partial charge in [0.1, 0.15) is 5.69 Å². The lowest BCUT2D eigenvalue weighted by Gasteiger charge is -2.17. The van der Waals surface area contributed by atoms with Crippen LogP contribution in [0, 0.1) is 13.8 Å². The molecule has 4 nitrogen and oxygen atoms in total. The summed E-state index contributed by atoms with van der Waals surface area (Å²) in [6.45, 7) is 10.1. The lowest BCUT2D eigenvalue weighted by atomic mass is 9.91. The molecular formula is C15H21N3O. The third-order valence-corrected chi connectivity index (χ3v) is 3.28. The quantitative estimate of drug-likeness (QED) is 0.827. The Morgan fingerprint density at radius 2 is 1.84 bits per heavy atom. The van der Waals surface area contributed by atoms with Crippen LogP contribution >= 0.6 is 0 Å². The molecule has 0 unspecified atom stereocenters. The molecule has 0 saturated heterocycles. The van der Waals surface area contributed by atoms with E-state index in [-0.39, 0.29) is 11.0 Å². The van der Waals surface area contributed by atoms with Crippen molar-refractivity contribution in [1.29, 1.82) is 0 Å². The molecule has 3 N–H and O–H groups in total. The average molecular weight is 259 g/mol. The van der Waals surface area contributed by atoms with Crippen molar-refractivity contribution >= 4 is 5.69 Å². The summed E-state index contributed by atoms with van der Waals surface area (Å²) in [5.74, 6) is 0. The Morgan fingerprint density at radius 1 is 1.21 bits per heavy atom. The molecular weight excluding hydrogens is 238 g/mol. The van der Waals surface area contributed by atoms with Crippen molar-refractivity contribution in [3.63, 3.8) is 0 Å². The van der Waals surface area contributed by atoms with E-state index < -0.39 is 0 Å². The molecule has 0 fully saturated rings. The first-order valence-corrected chi connectivity index (χ1v) is 6.40. The summed E-state index contributed by atoms with van der Waals surface area (Å²) in [7, 11) is 0. The number of rotatable bonds is 1.